The van der Waals surface area contributed by atoms with E-state index in [-0.39, 0.29) is 18.8 Å². The van der Waals surface area contributed by atoms with Crippen LogP contribution >= 0.6 is 34.8 Å². The van der Waals surface area contributed by atoms with Crippen LogP contribution in [0.2, 0.25) is 0 Å². The molecule has 1 aliphatic rings. The van der Waals surface area contributed by atoms with Crippen LogP contribution in [0.15, 0.2) is 11.8 Å². The Kier molecular flexibility index (Phi) is 9.12. The molecule has 0 fully saturated rings. The number of ether oxygens (including phenoxy) is 2. The second kappa shape index (κ2) is 10.2. The zero-order chi connectivity index (χ0) is 22.6. The number of amides is 3. The molecule has 0 spiro atoms. The van der Waals surface area contributed by atoms with Gasteiger partial charge in [0.05, 0.1) is 13.2 Å². The molecule has 1 N–H and O–H groups in total. The van der Waals surface area contributed by atoms with Gasteiger partial charge in [-0.2, -0.15) is 0 Å². The van der Waals surface area contributed by atoms with Gasteiger partial charge in [-0.1, -0.05) is 48.7 Å². The zero-order valence-electron chi connectivity index (χ0n) is 17.6. The number of nitrogens with zero attached hydrogens (tertiary/aromatic N) is 1. The van der Waals surface area contributed by atoms with Gasteiger partial charge in [-0.25, -0.2) is 4.79 Å². The number of carbonyl (C=O) groups excluding carboxylic acids is 3. The number of alkyl carbamates (subject to hydrolysis) is 1. The molecule has 2 atom stereocenters. The van der Waals surface area contributed by atoms with Gasteiger partial charge in [-0.15, -0.1) is 0 Å². The minimum atomic E-state index is -1.54. The van der Waals surface area contributed by atoms with Gasteiger partial charge in [0.2, 0.25) is 0 Å². The standard InChI is InChI=1S/C19H29Cl3N2O5/c1-11(2)9-12(23-17(27)29-18(3,4)5)16(26)24-13(7-8-19(20,21)22)14(28-6)10-15(24)25/h10-13H,7-9H2,1-6H3,(H,23,27)/t12-,13-/m0/s1. The fourth-order valence-corrected chi connectivity index (χ4v) is 3.24. The molecule has 0 aliphatic carbocycles. The van der Waals surface area contributed by atoms with E-state index in [0.717, 1.165) is 4.90 Å². The van der Waals surface area contributed by atoms with Crippen molar-refractivity contribution in [3.8, 4) is 0 Å². The lowest BCUT2D eigenvalue weighted by Gasteiger charge is -2.30. The predicted molar refractivity (Wildman–Crippen MR) is 113 cm³/mol. The molecule has 0 radical (unpaired) electrons. The molecule has 10 heteroatoms. The van der Waals surface area contributed by atoms with Crippen molar-refractivity contribution in [2.45, 2.75) is 75.4 Å². The first-order valence-corrected chi connectivity index (χ1v) is 10.5. The van der Waals surface area contributed by atoms with Crippen LogP contribution < -0.4 is 5.32 Å². The molecule has 3 amide bonds. The first-order chi connectivity index (χ1) is 13.1. The molecule has 1 heterocycles. The number of alkyl halides is 3. The average Bonchev–Trinajstić information content (AvgIpc) is 2.84. The lowest BCUT2D eigenvalue weighted by molar-refractivity contribution is -0.145. The Balaban J connectivity index is 3.07. The molecule has 1 aliphatic heterocycles. The molecule has 0 aromatic carbocycles. The maximum absolute atomic E-state index is 13.2. The highest BCUT2D eigenvalue weighted by molar-refractivity contribution is 6.67. The largest absolute Gasteiger partial charge is 0.499 e. The molecule has 7 nitrogen and oxygen atoms in total. The fourth-order valence-electron chi connectivity index (χ4n) is 2.91. The number of imide groups is 1. The van der Waals surface area contributed by atoms with Crippen LogP contribution in [0.1, 0.15) is 53.9 Å². The maximum Gasteiger partial charge on any atom is 0.408 e. The molecule has 0 aromatic heterocycles. The third kappa shape index (κ3) is 8.60. The molecule has 0 bridgehead atoms. The van der Waals surface area contributed by atoms with Gasteiger partial charge in [0.15, 0.2) is 3.79 Å². The number of nitrogens with one attached hydrogen (secondary N) is 1. The minimum Gasteiger partial charge on any atom is -0.499 e. The summed E-state index contributed by atoms with van der Waals surface area (Å²) in [6.07, 6.45) is 1.13. The van der Waals surface area contributed by atoms with Crippen molar-refractivity contribution in [2.75, 3.05) is 7.11 Å². The summed E-state index contributed by atoms with van der Waals surface area (Å²) in [6.45, 7) is 8.97. The van der Waals surface area contributed by atoms with Gasteiger partial charge < -0.3 is 14.8 Å². The Labute approximate surface area is 187 Å². The van der Waals surface area contributed by atoms with Crippen molar-refractivity contribution < 1.29 is 23.9 Å². The van der Waals surface area contributed by atoms with E-state index in [2.05, 4.69) is 5.32 Å². The molecular formula is C19H29Cl3N2O5. The predicted octanol–water partition coefficient (Wildman–Crippen LogP) is 4.34. The van der Waals surface area contributed by atoms with E-state index in [1.165, 1.54) is 13.2 Å². The summed E-state index contributed by atoms with van der Waals surface area (Å²) >= 11 is 17.5. The van der Waals surface area contributed by atoms with E-state index in [9.17, 15) is 14.4 Å². The van der Waals surface area contributed by atoms with Crippen LogP contribution in [0.5, 0.6) is 0 Å². The summed E-state index contributed by atoms with van der Waals surface area (Å²) in [5.74, 6) is -0.725. The van der Waals surface area contributed by atoms with Gasteiger partial charge in [0.25, 0.3) is 11.8 Å². The second-order valence-corrected chi connectivity index (χ2v) is 10.8. The highest BCUT2D eigenvalue weighted by Gasteiger charge is 2.42. The molecule has 1 rings (SSSR count). The van der Waals surface area contributed by atoms with Crippen molar-refractivity contribution in [2.24, 2.45) is 5.92 Å². The quantitative estimate of drug-likeness (QED) is 0.558. The fraction of sp³-hybridized carbons (Fsp3) is 0.737. The summed E-state index contributed by atoms with van der Waals surface area (Å²) in [6, 6.07) is -1.67. The Morgan fingerprint density at radius 2 is 1.83 bits per heavy atom. The molecule has 29 heavy (non-hydrogen) atoms. The Morgan fingerprint density at radius 3 is 2.28 bits per heavy atom. The van der Waals surface area contributed by atoms with E-state index < -0.39 is 39.4 Å². The van der Waals surface area contributed by atoms with E-state index in [4.69, 9.17) is 44.3 Å². The van der Waals surface area contributed by atoms with Crippen molar-refractivity contribution in [3.05, 3.63) is 11.8 Å². The first kappa shape index (κ1) is 25.9. The van der Waals surface area contributed by atoms with Gasteiger partial charge in [-0.05, 0) is 46.0 Å². The molecular weight excluding hydrogens is 443 g/mol. The minimum absolute atomic E-state index is 0.0751. The number of hydrogen-bond acceptors (Lipinski definition) is 5. The number of methoxy groups -OCH3 is 1. The maximum atomic E-state index is 13.2. The summed E-state index contributed by atoms with van der Waals surface area (Å²) in [7, 11) is 1.40. The van der Waals surface area contributed by atoms with Gasteiger partial charge >= 0.3 is 6.09 Å². The van der Waals surface area contributed by atoms with Crippen LogP contribution in [0.4, 0.5) is 4.79 Å². The lowest BCUT2D eigenvalue weighted by Crippen LogP contribution is -2.53. The monoisotopic (exact) mass is 470 g/mol. The smallest absolute Gasteiger partial charge is 0.408 e. The van der Waals surface area contributed by atoms with Crippen LogP contribution in [0.25, 0.3) is 0 Å². The highest BCUT2D eigenvalue weighted by atomic mass is 35.6. The van der Waals surface area contributed by atoms with Crippen LogP contribution in [0.3, 0.4) is 0 Å². The van der Waals surface area contributed by atoms with E-state index in [1.54, 1.807) is 20.8 Å². The summed E-state index contributed by atoms with van der Waals surface area (Å²) in [4.78, 5) is 39.1. The second-order valence-electron chi connectivity index (χ2n) is 8.30. The zero-order valence-corrected chi connectivity index (χ0v) is 19.8. The van der Waals surface area contributed by atoms with E-state index >= 15 is 0 Å². The first-order valence-electron chi connectivity index (χ1n) is 9.33. The highest BCUT2D eigenvalue weighted by Crippen LogP contribution is 2.35. The van der Waals surface area contributed by atoms with Crippen LogP contribution in [-0.4, -0.2) is 51.4 Å². The normalized spacial score (nSPS) is 18.6. The third-order valence-corrected chi connectivity index (χ3v) is 4.58. The summed E-state index contributed by atoms with van der Waals surface area (Å²) in [5.41, 5.74) is -0.726. The Hall–Kier alpha value is -1.18. The van der Waals surface area contributed by atoms with E-state index in [0.29, 0.717) is 12.2 Å². The van der Waals surface area contributed by atoms with Gasteiger partial charge in [-0.3, -0.25) is 14.5 Å². The average molecular weight is 472 g/mol. The van der Waals surface area contributed by atoms with Gasteiger partial charge in [0.1, 0.15) is 17.4 Å². The Bertz CT molecular complexity index is 653. The van der Waals surface area contributed by atoms with Crippen molar-refractivity contribution in [1.82, 2.24) is 10.2 Å². The molecule has 0 aromatic rings. The van der Waals surface area contributed by atoms with Crippen molar-refractivity contribution in [3.63, 3.8) is 0 Å². The summed E-state index contributed by atoms with van der Waals surface area (Å²) in [5, 5.41) is 2.58. The SMILES string of the molecule is COC1=CC(=O)N(C(=O)[C@H](CC(C)C)NC(=O)OC(C)(C)C)[C@H]1CCC(Cl)(Cl)Cl. The molecule has 0 saturated carbocycles. The van der Waals surface area contributed by atoms with Crippen molar-refractivity contribution >= 4 is 52.7 Å². The van der Waals surface area contributed by atoms with Crippen molar-refractivity contribution in [1.29, 1.82) is 0 Å². The third-order valence-electron chi connectivity index (χ3n) is 4.01. The Morgan fingerprint density at radius 1 is 1.24 bits per heavy atom. The lowest BCUT2D eigenvalue weighted by atomic mass is 10.0. The number of carbonyl (C=O) groups is 3. The van der Waals surface area contributed by atoms with E-state index in [1.807, 2.05) is 13.8 Å². The van der Waals surface area contributed by atoms with Crippen LogP contribution in [-0.2, 0) is 19.1 Å². The summed E-state index contributed by atoms with van der Waals surface area (Å²) < 4.78 is 8.97. The van der Waals surface area contributed by atoms with Crippen LogP contribution in [0, 0.1) is 5.92 Å². The molecule has 0 saturated heterocycles. The van der Waals surface area contributed by atoms with Gasteiger partial charge in [0, 0.05) is 6.08 Å². The molecule has 166 valence electrons. The topological polar surface area (TPSA) is 84.9 Å². The number of halogens is 3. The number of hydrogen-bond donors (Lipinski definition) is 1. The molecule has 0 unspecified atom stereocenters. The number of rotatable bonds is 7.